The molecule has 0 aliphatic carbocycles. The van der Waals surface area contributed by atoms with Gasteiger partial charge in [0.25, 0.3) is 0 Å². The summed E-state index contributed by atoms with van der Waals surface area (Å²) in [7, 11) is 0. The Morgan fingerprint density at radius 3 is 3.08 bits per heavy atom. The van der Waals surface area contributed by atoms with E-state index >= 15 is 0 Å². The predicted molar refractivity (Wildman–Crippen MR) is 48.5 cm³/mol. The zero-order valence-electron chi connectivity index (χ0n) is 7.62. The van der Waals surface area contributed by atoms with Gasteiger partial charge in [-0.1, -0.05) is 5.16 Å². The highest BCUT2D eigenvalue weighted by molar-refractivity contribution is 5.82. The van der Waals surface area contributed by atoms with Crippen LogP contribution < -0.4 is 5.73 Å². The second-order valence-electron chi connectivity index (χ2n) is 3.35. The van der Waals surface area contributed by atoms with E-state index in [1.165, 1.54) is 0 Å². The third-order valence-corrected chi connectivity index (χ3v) is 2.44. The molecule has 1 aliphatic heterocycles. The van der Waals surface area contributed by atoms with Crippen LogP contribution in [0.2, 0.25) is 0 Å². The second-order valence-corrected chi connectivity index (χ2v) is 3.35. The summed E-state index contributed by atoms with van der Waals surface area (Å²) in [5.41, 5.74) is 5.49. The van der Waals surface area contributed by atoms with Crippen molar-refractivity contribution in [1.82, 2.24) is 4.90 Å². The number of alkyl halides is 1. The molecule has 0 spiro atoms. The largest absolute Gasteiger partial charge is 0.409 e. The first-order valence-electron chi connectivity index (χ1n) is 4.53. The summed E-state index contributed by atoms with van der Waals surface area (Å²) in [5, 5.41) is 11.5. The zero-order valence-corrected chi connectivity index (χ0v) is 7.62. The van der Waals surface area contributed by atoms with Gasteiger partial charge in [-0.25, -0.2) is 4.39 Å². The van der Waals surface area contributed by atoms with Gasteiger partial charge in [0.1, 0.15) is 12.5 Å². The van der Waals surface area contributed by atoms with Gasteiger partial charge in [0.15, 0.2) is 0 Å². The van der Waals surface area contributed by atoms with Crippen LogP contribution in [0.25, 0.3) is 0 Å². The first kappa shape index (κ1) is 10.2. The molecule has 4 nitrogen and oxygen atoms in total. The van der Waals surface area contributed by atoms with Crippen molar-refractivity contribution in [3.63, 3.8) is 0 Å². The number of likely N-dealkylation sites (tertiary alicyclic amines) is 1. The molecule has 1 atom stereocenters. The molecule has 1 unspecified atom stereocenters. The Morgan fingerprint density at radius 2 is 2.46 bits per heavy atom. The summed E-state index contributed by atoms with van der Waals surface area (Å²) in [6, 6.07) is 0. The molecule has 5 heteroatoms. The highest BCUT2D eigenvalue weighted by atomic mass is 19.1. The SMILES string of the molecule is N/C(=N\O)C1CCCN(CCF)C1. The predicted octanol–water partition coefficient (Wildman–Crippen LogP) is 0.414. The Balaban J connectivity index is 2.41. The maximum absolute atomic E-state index is 12.0. The molecule has 0 aromatic heterocycles. The van der Waals surface area contributed by atoms with Gasteiger partial charge in [-0.05, 0) is 19.4 Å². The van der Waals surface area contributed by atoms with Crippen LogP contribution >= 0.6 is 0 Å². The molecule has 0 aromatic rings. The van der Waals surface area contributed by atoms with Crippen molar-refractivity contribution >= 4 is 5.84 Å². The van der Waals surface area contributed by atoms with Crippen LogP contribution in [0.1, 0.15) is 12.8 Å². The van der Waals surface area contributed by atoms with Crippen molar-refractivity contribution in [3.8, 4) is 0 Å². The van der Waals surface area contributed by atoms with Crippen LogP contribution in [0.3, 0.4) is 0 Å². The fraction of sp³-hybridized carbons (Fsp3) is 0.875. The lowest BCUT2D eigenvalue weighted by atomic mass is 9.97. The fourth-order valence-corrected chi connectivity index (χ4v) is 1.70. The molecule has 1 aliphatic rings. The van der Waals surface area contributed by atoms with E-state index in [9.17, 15) is 4.39 Å². The number of hydrogen-bond donors (Lipinski definition) is 2. The fourth-order valence-electron chi connectivity index (χ4n) is 1.70. The maximum Gasteiger partial charge on any atom is 0.143 e. The second kappa shape index (κ2) is 5.01. The Bertz CT molecular complexity index is 184. The van der Waals surface area contributed by atoms with E-state index in [0.717, 1.165) is 19.4 Å². The normalized spacial score (nSPS) is 26.2. The van der Waals surface area contributed by atoms with Crippen LogP contribution in [0.4, 0.5) is 4.39 Å². The average Bonchev–Trinajstić information content (AvgIpc) is 2.18. The van der Waals surface area contributed by atoms with Crippen LogP contribution in [0, 0.1) is 5.92 Å². The van der Waals surface area contributed by atoms with Gasteiger partial charge in [-0.3, -0.25) is 0 Å². The third-order valence-electron chi connectivity index (χ3n) is 2.44. The van der Waals surface area contributed by atoms with Crippen molar-refractivity contribution in [2.24, 2.45) is 16.8 Å². The lowest BCUT2D eigenvalue weighted by Gasteiger charge is -2.31. The van der Waals surface area contributed by atoms with Gasteiger partial charge in [0.2, 0.25) is 0 Å². The molecule has 1 fully saturated rings. The summed E-state index contributed by atoms with van der Waals surface area (Å²) in [6.07, 6.45) is 1.92. The Labute approximate surface area is 77.2 Å². The molecular weight excluding hydrogens is 173 g/mol. The van der Waals surface area contributed by atoms with Crippen LogP contribution in [-0.2, 0) is 0 Å². The molecular formula is C8H16FN3O. The monoisotopic (exact) mass is 189 g/mol. The number of amidine groups is 1. The summed E-state index contributed by atoms with van der Waals surface area (Å²) >= 11 is 0. The lowest BCUT2D eigenvalue weighted by molar-refractivity contribution is 0.186. The van der Waals surface area contributed by atoms with Gasteiger partial charge in [0.05, 0.1) is 0 Å². The molecule has 0 saturated carbocycles. The van der Waals surface area contributed by atoms with Crippen LogP contribution in [0.5, 0.6) is 0 Å². The molecule has 1 rings (SSSR count). The van der Waals surface area contributed by atoms with E-state index in [-0.39, 0.29) is 18.4 Å². The molecule has 0 aromatic carbocycles. The van der Waals surface area contributed by atoms with Gasteiger partial charge in [-0.2, -0.15) is 0 Å². The third kappa shape index (κ3) is 2.84. The number of nitrogens with two attached hydrogens (primary N) is 1. The summed E-state index contributed by atoms with van der Waals surface area (Å²) in [6.45, 7) is 1.75. The topological polar surface area (TPSA) is 61.9 Å². The minimum absolute atomic E-state index is 0.0882. The minimum Gasteiger partial charge on any atom is -0.409 e. The minimum atomic E-state index is -0.330. The highest BCUT2D eigenvalue weighted by Gasteiger charge is 2.22. The maximum atomic E-state index is 12.0. The Morgan fingerprint density at radius 1 is 1.69 bits per heavy atom. The summed E-state index contributed by atoms with van der Waals surface area (Å²) < 4.78 is 12.0. The molecule has 1 heterocycles. The smallest absolute Gasteiger partial charge is 0.143 e. The van der Waals surface area contributed by atoms with Crippen LogP contribution in [0.15, 0.2) is 5.16 Å². The van der Waals surface area contributed by atoms with Crippen molar-refractivity contribution in [2.45, 2.75) is 12.8 Å². The van der Waals surface area contributed by atoms with Gasteiger partial charge in [0, 0.05) is 19.0 Å². The van der Waals surface area contributed by atoms with Crippen molar-refractivity contribution in [1.29, 1.82) is 0 Å². The molecule has 0 radical (unpaired) electrons. The molecule has 0 bridgehead atoms. The Hall–Kier alpha value is -0.840. The first-order valence-corrected chi connectivity index (χ1v) is 4.53. The number of hydrogen-bond acceptors (Lipinski definition) is 3. The van der Waals surface area contributed by atoms with E-state index in [0.29, 0.717) is 13.1 Å². The molecule has 0 amide bonds. The van der Waals surface area contributed by atoms with Crippen molar-refractivity contribution in [2.75, 3.05) is 26.3 Å². The number of rotatable bonds is 3. The van der Waals surface area contributed by atoms with Gasteiger partial charge >= 0.3 is 0 Å². The number of piperidine rings is 1. The Kier molecular flexibility index (Phi) is 3.95. The van der Waals surface area contributed by atoms with E-state index in [1.54, 1.807) is 0 Å². The van der Waals surface area contributed by atoms with E-state index in [4.69, 9.17) is 10.9 Å². The molecule has 13 heavy (non-hydrogen) atoms. The summed E-state index contributed by atoms with van der Waals surface area (Å²) in [5.74, 6) is 0.355. The molecule has 3 N–H and O–H groups in total. The molecule has 76 valence electrons. The number of nitrogens with zero attached hydrogens (tertiary/aromatic N) is 2. The standard InChI is InChI=1S/C8H16FN3O/c9-3-5-12-4-1-2-7(6-12)8(10)11-13/h7,13H,1-6H2,(H2,10,11). The van der Waals surface area contributed by atoms with Crippen molar-refractivity contribution < 1.29 is 9.60 Å². The quantitative estimate of drug-likeness (QED) is 0.292. The average molecular weight is 189 g/mol. The highest BCUT2D eigenvalue weighted by Crippen LogP contribution is 2.15. The van der Waals surface area contributed by atoms with Gasteiger partial charge in [-0.15, -0.1) is 0 Å². The number of oxime groups is 1. The molecule has 1 saturated heterocycles. The zero-order chi connectivity index (χ0) is 9.68. The first-order chi connectivity index (χ1) is 6.27. The van der Waals surface area contributed by atoms with E-state index < -0.39 is 0 Å². The summed E-state index contributed by atoms with van der Waals surface area (Å²) in [4.78, 5) is 2.01. The van der Waals surface area contributed by atoms with Crippen LogP contribution in [-0.4, -0.2) is 42.3 Å². The van der Waals surface area contributed by atoms with E-state index in [2.05, 4.69) is 5.16 Å². The van der Waals surface area contributed by atoms with Crippen molar-refractivity contribution in [3.05, 3.63) is 0 Å². The lowest BCUT2D eigenvalue weighted by Crippen LogP contribution is -2.42. The number of halogens is 1. The van der Waals surface area contributed by atoms with Gasteiger partial charge < -0.3 is 15.8 Å². The van der Waals surface area contributed by atoms with E-state index in [1.807, 2.05) is 4.90 Å².